The Morgan fingerprint density at radius 3 is 2.45 bits per heavy atom. The van der Waals surface area contributed by atoms with Crippen molar-refractivity contribution in [1.82, 2.24) is 4.90 Å². The summed E-state index contributed by atoms with van der Waals surface area (Å²) in [6, 6.07) is 20.7. The summed E-state index contributed by atoms with van der Waals surface area (Å²) >= 11 is 0. The van der Waals surface area contributed by atoms with Crippen molar-refractivity contribution in [3.05, 3.63) is 84.3 Å². The second-order valence-electron chi connectivity index (χ2n) is 7.05. The molecule has 2 heterocycles. The maximum absolute atomic E-state index is 13.1. The van der Waals surface area contributed by atoms with E-state index in [1.165, 1.54) is 6.26 Å². The van der Waals surface area contributed by atoms with Crippen LogP contribution in [-0.4, -0.2) is 29.9 Å². The van der Waals surface area contributed by atoms with Gasteiger partial charge in [-0.1, -0.05) is 30.3 Å². The molecule has 1 aliphatic heterocycles. The lowest BCUT2D eigenvalue weighted by Crippen LogP contribution is -2.50. The third-order valence-electron chi connectivity index (χ3n) is 5.19. The second kappa shape index (κ2) is 8.22. The first-order valence-electron chi connectivity index (χ1n) is 9.71. The Bertz CT molecular complexity index is 968. The van der Waals surface area contributed by atoms with Gasteiger partial charge in [-0.3, -0.25) is 9.69 Å². The summed E-state index contributed by atoms with van der Waals surface area (Å²) in [6.45, 7) is 3.47. The molecule has 0 bridgehead atoms. The smallest absolute Gasteiger partial charge is 0.324 e. The molecule has 3 amide bonds. The molecular weight excluding hydrogens is 366 g/mol. The van der Waals surface area contributed by atoms with Crippen LogP contribution < -0.4 is 10.2 Å². The van der Waals surface area contributed by atoms with E-state index in [0.29, 0.717) is 12.2 Å². The predicted molar refractivity (Wildman–Crippen MR) is 112 cm³/mol. The van der Waals surface area contributed by atoms with Crippen LogP contribution >= 0.6 is 0 Å². The Morgan fingerprint density at radius 2 is 1.76 bits per heavy atom. The zero-order valence-corrected chi connectivity index (χ0v) is 16.2. The molecule has 29 heavy (non-hydrogen) atoms. The molecule has 6 nitrogen and oxygen atoms in total. The van der Waals surface area contributed by atoms with Gasteiger partial charge < -0.3 is 14.6 Å². The van der Waals surface area contributed by atoms with E-state index < -0.39 is 0 Å². The number of carbonyl (C=O) groups is 2. The van der Waals surface area contributed by atoms with E-state index in [2.05, 4.69) is 12.2 Å². The summed E-state index contributed by atoms with van der Waals surface area (Å²) in [5, 5.41) is 2.79. The molecule has 0 aliphatic carbocycles. The number of nitrogens with zero attached hydrogens (tertiary/aromatic N) is 2. The third-order valence-corrected chi connectivity index (χ3v) is 5.19. The largest absolute Gasteiger partial charge is 0.459 e. The molecule has 0 spiro atoms. The number of carbonyl (C=O) groups excluding carboxylic acids is 2. The van der Waals surface area contributed by atoms with E-state index in [-0.39, 0.29) is 23.7 Å². The molecule has 1 N–H and O–H groups in total. The topological polar surface area (TPSA) is 65.8 Å². The van der Waals surface area contributed by atoms with Crippen molar-refractivity contribution < 1.29 is 14.0 Å². The maximum atomic E-state index is 13.1. The van der Waals surface area contributed by atoms with E-state index >= 15 is 0 Å². The molecule has 1 unspecified atom stereocenters. The van der Waals surface area contributed by atoms with E-state index in [9.17, 15) is 9.59 Å². The van der Waals surface area contributed by atoms with Gasteiger partial charge in [0.15, 0.2) is 5.76 Å². The van der Waals surface area contributed by atoms with Crippen molar-refractivity contribution in [2.24, 2.45) is 0 Å². The molecule has 1 fully saturated rings. The molecule has 6 heteroatoms. The van der Waals surface area contributed by atoms with E-state index in [1.807, 2.05) is 47.4 Å². The van der Waals surface area contributed by atoms with Gasteiger partial charge in [0, 0.05) is 24.5 Å². The standard InChI is InChI=1S/C23H23N3O3/c1-17(18-7-3-2-4-8-18)25-14-6-15-26(23(25)28)20-12-10-19(11-13-20)24-22(27)21-9-5-16-29-21/h2-5,7-13,16-17H,6,14-15H2,1H3,(H,24,27). The van der Waals surface area contributed by atoms with Crippen molar-refractivity contribution in [3.8, 4) is 0 Å². The number of nitrogens with one attached hydrogen (secondary N) is 1. The Morgan fingerprint density at radius 1 is 1.00 bits per heavy atom. The average molecular weight is 389 g/mol. The lowest BCUT2D eigenvalue weighted by Gasteiger charge is -2.39. The number of anilines is 2. The zero-order valence-electron chi connectivity index (χ0n) is 16.2. The number of benzene rings is 2. The summed E-state index contributed by atoms with van der Waals surface area (Å²) in [5.74, 6) is -0.0505. The zero-order chi connectivity index (χ0) is 20.2. The van der Waals surface area contributed by atoms with Crippen LogP contribution in [0.4, 0.5) is 16.2 Å². The molecule has 2 aromatic carbocycles. The number of rotatable bonds is 5. The minimum Gasteiger partial charge on any atom is -0.459 e. The fraction of sp³-hybridized carbons (Fsp3) is 0.217. The predicted octanol–water partition coefficient (Wildman–Crippen LogP) is 4.93. The first kappa shape index (κ1) is 18.8. The number of furan rings is 1. The van der Waals surface area contributed by atoms with Crippen LogP contribution in [0.5, 0.6) is 0 Å². The van der Waals surface area contributed by atoms with Gasteiger partial charge in [0.2, 0.25) is 0 Å². The maximum Gasteiger partial charge on any atom is 0.324 e. The van der Waals surface area contributed by atoms with Crippen LogP contribution in [0.3, 0.4) is 0 Å². The molecule has 1 aromatic heterocycles. The highest BCUT2D eigenvalue weighted by Crippen LogP contribution is 2.28. The van der Waals surface area contributed by atoms with Gasteiger partial charge in [-0.15, -0.1) is 0 Å². The molecule has 0 saturated carbocycles. The molecule has 1 atom stereocenters. The van der Waals surface area contributed by atoms with E-state index in [0.717, 1.165) is 24.2 Å². The van der Waals surface area contributed by atoms with Crippen LogP contribution in [0.2, 0.25) is 0 Å². The third kappa shape index (κ3) is 4.01. The highest BCUT2D eigenvalue weighted by molar-refractivity contribution is 6.02. The van der Waals surface area contributed by atoms with Gasteiger partial charge in [0.05, 0.1) is 12.3 Å². The van der Waals surface area contributed by atoms with Crippen LogP contribution in [0, 0.1) is 0 Å². The van der Waals surface area contributed by atoms with Gasteiger partial charge in [-0.25, -0.2) is 4.79 Å². The Labute approximate surface area is 169 Å². The lowest BCUT2D eigenvalue weighted by atomic mass is 10.1. The first-order valence-corrected chi connectivity index (χ1v) is 9.71. The van der Waals surface area contributed by atoms with Crippen molar-refractivity contribution in [1.29, 1.82) is 0 Å². The SMILES string of the molecule is CC(c1ccccc1)N1CCCN(c2ccc(NC(=O)c3ccco3)cc2)C1=O. The Kier molecular flexibility index (Phi) is 5.33. The Balaban J connectivity index is 1.46. The number of amides is 3. The fourth-order valence-corrected chi connectivity index (χ4v) is 3.58. The molecular formula is C23H23N3O3. The minimum absolute atomic E-state index is 0.0000239. The molecule has 3 aromatic rings. The van der Waals surface area contributed by atoms with Crippen molar-refractivity contribution in [3.63, 3.8) is 0 Å². The normalized spacial score (nSPS) is 15.3. The lowest BCUT2D eigenvalue weighted by molar-refractivity contribution is 0.0996. The van der Waals surface area contributed by atoms with Gasteiger partial charge in [-0.2, -0.15) is 0 Å². The first-order chi connectivity index (χ1) is 14.1. The highest BCUT2D eigenvalue weighted by atomic mass is 16.3. The van der Waals surface area contributed by atoms with Gasteiger partial charge >= 0.3 is 6.03 Å². The van der Waals surface area contributed by atoms with Crippen LogP contribution in [-0.2, 0) is 0 Å². The summed E-state index contributed by atoms with van der Waals surface area (Å²) < 4.78 is 5.10. The number of urea groups is 1. The summed E-state index contributed by atoms with van der Waals surface area (Å²) in [6.07, 6.45) is 2.36. The van der Waals surface area contributed by atoms with E-state index in [4.69, 9.17) is 4.42 Å². The summed E-state index contributed by atoms with van der Waals surface area (Å²) in [4.78, 5) is 28.9. The monoisotopic (exact) mass is 389 g/mol. The second-order valence-corrected chi connectivity index (χ2v) is 7.05. The molecule has 1 aliphatic rings. The Hall–Kier alpha value is -3.54. The summed E-state index contributed by atoms with van der Waals surface area (Å²) in [7, 11) is 0. The van der Waals surface area contributed by atoms with Crippen LogP contribution in [0.25, 0.3) is 0 Å². The quantitative estimate of drug-likeness (QED) is 0.673. The number of hydrogen-bond acceptors (Lipinski definition) is 3. The van der Waals surface area contributed by atoms with Crippen molar-refractivity contribution in [2.75, 3.05) is 23.3 Å². The van der Waals surface area contributed by atoms with Crippen molar-refractivity contribution in [2.45, 2.75) is 19.4 Å². The average Bonchev–Trinajstić information content (AvgIpc) is 3.30. The highest BCUT2D eigenvalue weighted by Gasteiger charge is 2.30. The molecule has 0 radical (unpaired) electrons. The summed E-state index contributed by atoms with van der Waals surface area (Å²) in [5.41, 5.74) is 2.59. The fourth-order valence-electron chi connectivity index (χ4n) is 3.58. The van der Waals surface area contributed by atoms with Crippen LogP contribution in [0.1, 0.15) is 35.5 Å². The molecule has 4 rings (SSSR count). The van der Waals surface area contributed by atoms with Crippen LogP contribution in [0.15, 0.2) is 77.4 Å². The van der Waals surface area contributed by atoms with Gasteiger partial charge in [0.25, 0.3) is 5.91 Å². The molecule has 148 valence electrons. The van der Waals surface area contributed by atoms with E-state index in [1.54, 1.807) is 29.2 Å². The molecule has 1 saturated heterocycles. The van der Waals surface area contributed by atoms with Gasteiger partial charge in [0.1, 0.15) is 0 Å². The van der Waals surface area contributed by atoms with Crippen molar-refractivity contribution >= 4 is 23.3 Å². The minimum atomic E-state index is -0.306. The number of hydrogen-bond donors (Lipinski definition) is 1. The van der Waals surface area contributed by atoms with Gasteiger partial charge in [-0.05, 0) is 55.3 Å².